The summed E-state index contributed by atoms with van der Waals surface area (Å²) in [5, 5.41) is 3.08. The summed E-state index contributed by atoms with van der Waals surface area (Å²) in [7, 11) is 0. The van der Waals surface area contributed by atoms with Gasteiger partial charge in [-0.1, -0.05) is 30.3 Å². The van der Waals surface area contributed by atoms with E-state index in [2.05, 4.69) is 15.3 Å². The van der Waals surface area contributed by atoms with Gasteiger partial charge in [0.2, 0.25) is 5.88 Å². The van der Waals surface area contributed by atoms with Crippen LogP contribution in [0.5, 0.6) is 11.6 Å². The van der Waals surface area contributed by atoms with E-state index in [9.17, 15) is 0 Å². The van der Waals surface area contributed by atoms with E-state index in [1.165, 1.54) is 0 Å². The number of halogens is 1. The van der Waals surface area contributed by atoms with Crippen LogP contribution in [0.4, 0.5) is 5.69 Å². The van der Waals surface area contributed by atoms with Crippen molar-refractivity contribution in [3.05, 3.63) is 84.1 Å². The van der Waals surface area contributed by atoms with Gasteiger partial charge >= 0.3 is 0 Å². The largest absolute Gasteiger partial charge is 0.491 e. The fourth-order valence-electron chi connectivity index (χ4n) is 2.61. The Morgan fingerprint density at radius 3 is 2.47 bits per heavy atom. The molecule has 2 aromatic carbocycles. The van der Waals surface area contributed by atoms with Crippen molar-refractivity contribution >= 4 is 35.6 Å². The van der Waals surface area contributed by atoms with Gasteiger partial charge in [0.15, 0.2) is 5.96 Å². The molecule has 0 radical (unpaired) electrons. The molecular formula is C23H27IN4O2. The maximum absolute atomic E-state index is 6.01. The van der Waals surface area contributed by atoms with Gasteiger partial charge in [-0.3, -0.25) is 0 Å². The van der Waals surface area contributed by atoms with E-state index in [4.69, 9.17) is 15.2 Å². The quantitative estimate of drug-likeness (QED) is 0.250. The van der Waals surface area contributed by atoms with Crippen LogP contribution in [0.3, 0.4) is 0 Å². The van der Waals surface area contributed by atoms with Crippen LogP contribution in [0.15, 0.2) is 77.9 Å². The van der Waals surface area contributed by atoms with Gasteiger partial charge in [0.25, 0.3) is 0 Å². The van der Waals surface area contributed by atoms with Crippen LogP contribution >= 0.6 is 24.0 Å². The molecule has 0 saturated heterocycles. The molecule has 0 fully saturated rings. The van der Waals surface area contributed by atoms with Crippen molar-refractivity contribution < 1.29 is 9.47 Å². The van der Waals surface area contributed by atoms with E-state index in [1.807, 2.05) is 80.6 Å². The predicted molar refractivity (Wildman–Crippen MR) is 132 cm³/mol. The topological polar surface area (TPSA) is 81.8 Å². The molecule has 6 nitrogen and oxygen atoms in total. The molecule has 0 aliphatic heterocycles. The number of nitrogens with two attached hydrogens (primary N) is 1. The molecular weight excluding hydrogens is 491 g/mol. The number of nitrogens with one attached hydrogen (secondary N) is 1. The molecule has 1 aromatic heterocycles. The zero-order valence-corrected chi connectivity index (χ0v) is 19.4. The Morgan fingerprint density at radius 2 is 1.77 bits per heavy atom. The molecule has 0 bridgehead atoms. The Morgan fingerprint density at radius 1 is 1.03 bits per heavy atom. The number of anilines is 1. The Labute approximate surface area is 194 Å². The number of hydrogen-bond donors (Lipinski definition) is 2. The van der Waals surface area contributed by atoms with E-state index in [1.54, 1.807) is 6.20 Å². The third-order valence-corrected chi connectivity index (χ3v) is 3.96. The number of hydrogen-bond acceptors (Lipinski definition) is 4. The maximum Gasteiger partial charge on any atom is 0.213 e. The summed E-state index contributed by atoms with van der Waals surface area (Å²) in [5.74, 6) is 1.72. The van der Waals surface area contributed by atoms with Gasteiger partial charge in [-0.15, -0.1) is 24.0 Å². The van der Waals surface area contributed by atoms with Crippen molar-refractivity contribution in [3.8, 4) is 11.6 Å². The van der Waals surface area contributed by atoms with Gasteiger partial charge in [-0.05, 0) is 55.3 Å². The fourth-order valence-corrected chi connectivity index (χ4v) is 2.61. The summed E-state index contributed by atoms with van der Waals surface area (Å²) >= 11 is 0. The second-order valence-electron chi connectivity index (χ2n) is 6.79. The molecule has 1 heterocycles. The first kappa shape index (κ1) is 23.5. The normalized spacial score (nSPS) is 11.0. The van der Waals surface area contributed by atoms with Crippen LogP contribution in [-0.2, 0) is 13.2 Å². The predicted octanol–water partition coefficient (Wildman–Crippen LogP) is 4.99. The standard InChI is InChI=1S/C23H26N4O2.HI/c1-17(2)29-21-10-8-20(9-11-21)27-23(24)26-15-19-12-13-25-22(14-19)28-16-18-6-4-3-5-7-18;/h3-14,17H,15-16H2,1-2H3,(H3,24,26,27);1H. The Bertz CT molecular complexity index is 931. The molecule has 158 valence electrons. The van der Waals surface area contributed by atoms with Gasteiger partial charge in [0.05, 0.1) is 12.6 Å². The number of nitrogens with zero attached hydrogens (tertiary/aromatic N) is 2. The molecule has 3 aromatic rings. The van der Waals surface area contributed by atoms with Crippen molar-refractivity contribution in [3.63, 3.8) is 0 Å². The molecule has 3 rings (SSSR count). The Hall–Kier alpha value is -2.81. The third-order valence-electron chi connectivity index (χ3n) is 3.96. The Kier molecular flexibility index (Phi) is 9.40. The first-order valence-corrected chi connectivity index (χ1v) is 9.54. The van der Waals surface area contributed by atoms with E-state index in [0.29, 0.717) is 25.0 Å². The average molecular weight is 518 g/mol. The fraction of sp³-hybridized carbons (Fsp3) is 0.217. The molecule has 3 N–H and O–H groups in total. The van der Waals surface area contributed by atoms with Crippen molar-refractivity contribution in [2.24, 2.45) is 10.7 Å². The van der Waals surface area contributed by atoms with E-state index in [0.717, 1.165) is 22.6 Å². The molecule has 0 aliphatic carbocycles. The smallest absolute Gasteiger partial charge is 0.213 e. The number of ether oxygens (including phenoxy) is 2. The molecule has 30 heavy (non-hydrogen) atoms. The molecule has 0 amide bonds. The SMILES string of the molecule is CC(C)Oc1ccc(NC(N)=NCc2ccnc(OCc3ccccc3)c2)cc1.I. The average Bonchev–Trinajstić information content (AvgIpc) is 2.73. The molecule has 0 saturated carbocycles. The molecule has 0 aliphatic rings. The highest BCUT2D eigenvalue weighted by atomic mass is 127. The van der Waals surface area contributed by atoms with Crippen LogP contribution in [0, 0.1) is 0 Å². The van der Waals surface area contributed by atoms with Crippen molar-refractivity contribution in [2.45, 2.75) is 33.1 Å². The first-order valence-electron chi connectivity index (χ1n) is 9.54. The Balaban J connectivity index is 0.00000320. The number of pyridine rings is 1. The van der Waals surface area contributed by atoms with Gasteiger partial charge in [0, 0.05) is 18.0 Å². The molecule has 7 heteroatoms. The molecule has 0 unspecified atom stereocenters. The van der Waals surface area contributed by atoms with E-state index >= 15 is 0 Å². The maximum atomic E-state index is 6.01. The monoisotopic (exact) mass is 518 g/mol. The lowest BCUT2D eigenvalue weighted by molar-refractivity contribution is 0.242. The summed E-state index contributed by atoms with van der Waals surface area (Å²) in [6.07, 6.45) is 1.85. The number of aromatic nitrogens is 1. The molecule has 0 atom stereocenters. The lowest BCUT2D eigenvalue weighted by atomic mass is 10.2. The summed E-state index contributed by atoms with van der Waals surface area (Å²) < 4.78 is 11.4. The van der Waals surface area contributed by atoms with E-state index < -0.39 is 0 Å². The third kappa shape index (κ3) is 7.90. The van der Waals surface area contributed by atoms with Gasteiger partial charge in [0.1, 0.15) is 12.4 Å². The number of benzene rings is 2. The zero-order valence-electron chi connectivity index (χ0n) is 17.1. The minimum Gasteiger partial charge on any atom is -0.491 e. The van der Waals surface area contributed by atoms with Crippen LogP contribution < -0.4 is 20.5 Å². The second kappa shape index (κ2) is 12.0. The lowest BCUT2D eigenvalue weighted by Gasteiger charge is -2.11. The summed E-state index contributed by atoms with van der Waals surface area (Å²) in [4.78, 5) is 8.64. The minimum absolute atomic E-state index is 0. The first-order chi connectivity index (χ1) is 14.1. The lowest BCUT2D eigenvalue weighted by Crippen LogP contribution is -2.22. The molecule has 0 spiro atoms. The van der Waals surface area contributed by atoms with Gasteiger partial charge < -0.3 is 20.5 Å². The highest BCUT2D eigenvalue weighted by Crippen LogP contribution is 2.17. The summed E-state index contributed by atoms with van der Waals surface area (Å²) in [5.41, 5.74) is 8.92. The zero-order chi connectivity index (χ0) is 20.5. The van der Waals surface area contributed by atoms with Crippen molar-refractivity contribution in [2.75, 3.05) is 5.32 Å². The second-order valence-corrected chi connectivity index (χ2v) is 6.79. The number of guanidine groups is 1. The van der Waals surface area contributed by atoms with Gasteiger partial charge in [-0.25, -0.2) is 9.98 Å². The van der Waals surface area contributed by atoms with Crippen LogP contribution in [0.1, 0.15) is 25.0 Å². The highest BCUT2D eigenvalue weighted by Gasteiger charge is 2.02. The van der Waals surface area contributed by atoms with Crippen LogP contribution in [0.2, 0.25) is 0 Å². The highest BCUT2D eigenvalue weighted by molar-refractivity contribution is 14.0. The van der Waals surface area contributed by atoms with Crippen LogP contribution in [0.25, 0.3) is 0 Å². The number of aliphatic imine (C=N–C) groups is 1. The number of rotatable bonds is 8. The van der Waals surface area contributed by atoms with Crippen molar-refractivity contribution in [1.82, 2.24) is 4.98 Å². The summed E-state index contributed by atoms with van der Waals surface area (Å²) in [6.45, 7) is 4.89. The van der Waals surface area contributed by atoms with E-state index in [-0.39, 0.29) is 30.1 Å². The minimum atomic E-state index is 0. The van der Waals surface area contributed by atoms with Crippen molar-refractivity contribution in [1.29, 1.82) is 0 Å². The summed E-state index contributed by atoms with van der Waals surface area (Å²) in [6, 6.07) is 21.3. The van der Waals surface area contributed by atoms with Crippen LogP contribution in [-0.4, -0.2) is 17.0 Å². The van der Waals surface area contributed by atoms with Gasteiger partial charge in [-0.2, -0.15) is 0 Å².